The van der Waals surface area contributed by atoms with Crippen LogP contribution in [0, 0.1) is 11.7 Å². The van der Waals surface area contributed by atoms with E-state index >= 15 is 0 Å². The van der Waals surface area contributed by atoms with Crippen LogP contribution in [0.15, 0.2) is 18.2 Å². The third-order valence-electron chi connectivity index (χ3n) is 4.16. The van der Waals surface area contributed by atoms with E-state index in [2.05, 4.69) is 10.1 Å². The van der Waals surface area contributed by atoms with E-state index in [4.69, 9.17) is 9.47 Å². The molecule has 0 radical (unpaired) electrons. The average Bonchev–Trinajstić information content (AvgIpc) is 2.64. The fraction of sp³-hybridized carbons (Fsp3) is 0.500. The molecule has 1 aromatic carbocycles. The molecule has 7 nitrogen and oxygen atoms in total. The summed E-state index contributed by atoms with van der Waals surface area (Å²) in [5.41, 5.74) is -0.140. The lowest BCUT2D eigenvalue weighted by atomic mass is 9.87. The summed E-state index contributed by atoms with van der Waals surface area (Å²) in [6.07, 6.45) is 2.56. The summed E-state index contributed by atoms with van der Waals surface area (Å²) >= 11 is 0. The van der Waals surface area contributed by atoms with Crippen LogP contribution in [0.4, 0.5) is 10.1 Å². The van der Waals surface area contributed by atoms with Crippen LogP contribution in [0.25, 0.3) is 0 Å². The van der Waals surface area contributed by atoms with Crippen LogP contribution in [0.3, 0.4) is 0 Å². The van der Waals surface area contributed by atoms with Crippen molar-refractivity contribution in [3.05, 3.63) is 24.0 Å². The molecule has 1 saturated carbocycles. The minimum absolute atomic E-state index is 0.109. The summed E-state index contributed by atoms with van der Waals surface area (Å²) in [6.45, 7) is 2.14. The second-order valence-corrected chi connectivity index (χ2v) is 5.93. The number of halogens is 1. The number of ether oxygens (including phenoxy) is 3. The molecule has 8 heteroatoms. The second kappa shape index (κ2) is 9.17. The van der Waals surface area contributed by atoms with Crippen molar-refractivity contribution in [1.29, 1.82) is 0 Å². The molecule has 1 aliphatic rings. The molecule has 2 rings (SSSR count). The Hall–Kier alpha value is -2.64. The molecule has 1 fully saturated rings. The summed E-state index contributed by atoms with van der Waals surface area (Å²) < 4.78 is 29.1. The summed E-state index contributed by atoms with van der Waals surface area (Å²) in [7, 11) is 1.06. The van der Waals surface area contributed by atoms with Crippen LogP contribution >= 0.6 is 0 Å². The Kier molecular flexibility index (Phi) is 6.94. The van der Waals surface area contributed by atoms with E-state index in [1.165, 1.54) is 12.1 Å². The molecule has 1 aliphatic carbocycles. The fourth-order valence-electron chi connectivity index (χ4n) is 2.81. The van der Waals surface area contributed by atoms with E-state index in [1.54, 1.807) is 6.92 Å². The Morgan fingerprint density at radius 2 is 1.88 bits per heavy atom. The van der Waals surface area contributed by atoms with E-state index in [-0.39, 0.29) is 23.7 Å². The Morgan fingerprint density at radius 3 is 2.46 bits per heavy atom. The van der Waals surface area contributed by atoms with Gasteiger partial charge in [0.25, 0.3) is 0 Å². The van der Waals surface area contributed by atoms with Crippen molar-refractivity contribution >= 4 is 23.5 Å². The largest absolute Gasteiger partial charge is 0.490 e. The normalized spacial score (nSPS) is 19.3. The number of hydrogen-bond acceptors (Lipinski definition) is 6. The highest BCUT2D eigenvalue weighted by Crippen LogP contribution is 2.29. The number of carbonyl (C=O) groups is 3. The van der Waals surface area contributed by atoms with Gasteiger partial charge in [0, 0.05) is 6.07 Å². The van der Waals surface area contributed by atoms with Crippen molar-refractivity contribution in [3.8, 4) is 5.75 Å². The lowest BCUT2D eigenvalue weighted by Gasteiger charge is -2.27. The minimum atomic E-state index is -1.11. The first-order valence-electron chi connectivity index (χ1n) is 8.46. The Morgan fingerprint density at radius 1 is 1.19 bits per heavy atom. The minimum Gasteiger partial charge on any atom is -0.490 e. The van der Waals surface area contributed by atoms with E-state index in [1.807, 2.05) is 0 Å². The van der Waals surface area contributed by atoms with Gasteiger partial charge in [0.2, 0.25) is 0 Å². The zero-order valence-corrected chi connectivity index (χ0v) is 14.7. The van der Waals surface area contributed by atoms with Crippen LogP contribution in [0.5, 0.6) is 5.75 Å². The summed E-state index contributed by atoms with van der Waals surface area (Å²) in [5.74, 6) is -2.86. The molecule has 142 valence electrons. The van der Waals surface area contributed by atoms with Gasteiger partial charge in [-0.15, -0.1) is 0 Å². The Balaban J connectivity index is 1.89. The number of hydrogen-bond donors (Lipinski definition) is 1. The number of amides is 1. The highest BCUT2D eigenvalue weighted by Gasteiger charge is 2.28. The highest BCUT2D eigenvalue weighted by atomic mass is 19.1. The van der Waals surface area contributed by atoms with Crippen molar-refractivity contribution in [2.75, 3.05) is 19.0 Å². The number of nitrogens with one attached hydrogen (secondary N) is 1. The first kappa shape index (κ1) is 19.7. The van der Waals surface area contributed by atoms with Gasteiger partial charge < -0.3 is 19.5 Å². The van der Waals surface area contributed by atoms with E-state index < -0.39 is 17.7 Å². The first-order chi connectivity index (χ1) is 12.4. The average molecular weight is 367 g/mol. The Bertz CT molecular complexity index is 670. The van der Waals surface area contributed by atoms with Crippen LogP contribution < -0.4 is 10.1 Å². The van der Waals surface area contributed by atoms with Crippen molar-refractivity contribution in [1.82, 2.24) is 0 Å². The second-order valence-electron chi connectivity index (χ2n) is 5.93. The zero-order chi connectivity index (χ0) is 19.1. The van der Waals surface area contributed by atoms with Gasteiger partial charge in [-0.2, -0.15) is 0 Å². The maximum Gasteiger partial charge on any atom is 0.396 e. The highest BCUT2D eigenvalue weighted by molar-refractivity contribution is 6.37. The molecule has 0 aromatic heterocycles. The van der Waals surface area contributed by atoms with E-state index in [0.29, 0.717) is 38.0 Å². The number of rotatable bonds is 5. The summed E-state index contributed by atoms with van der Waals surface area (Å²) in [6, 6.07) is 3.97. The smallest absolute Gasteiger partial charge is 0.396 e. The topological polar surface area (TPSA) is 90.9 Å². The van der Waals surface area contributed by atoms with Crippen molar-refractivity contribution < 1.29 is 33.0 Å². The van der Waals surface area contributed by atoms with Crippen LogP contribution in [0.2, 0.25) is 0 Å². The molecule has 1 N–H and O–H groups in total. The summed E-state index contributed by atoms with van der Waals surface area (Å²) in [4.78, 5) is 34.2. The van der Waals surface area contributed by atoms with Gasteiger partial charge in [-0.05, 0) is 44.7 Å². The first-order valence-corrected chi connectivity index (χ1v) is 8.46. The predicted octanol–water partition coefficient (Wildman–Crippen LogP) is 2.44. The quantitative estimate of drug-likeness (QED) is 0.635. The lowest BCUT2D eigenvalue weighted by Crippen LogP contribution is -2.29. The number of methoxy groups -OCH3 is 1. The third-order valence-corrected chi connectivity index (χ3v) is 4.16. The molecule has 0 heterocycles. The van der Waals surface area contributed by atoms with Gasteiger partial charge in [-0.25, -0.2) is 9.18 Å². The molecule has 0 spiro atoms. The maximum atomic E-state index is 14.1. The fourth-order valence-corrected chi connectivity index (χ4v) is 2.81. The van der Waals surface area contributed by atoms with Gasteiger partial charge in [-0.3, -0.25) is 9.59 Å². The Labute approximate surface area is 150 Å². The molecule has 1 amide bonds. The van der Waals surface area contributed by atoms with Crippen LogP contribution in [0.1, 0.15) is 32.6 Å². The number of esters is 2. The standard InChI is InChI=1S/C18H22FNO6/c1-3-25-17(22)11-4-6-12(7-5-11)26-13-8-9-15(14(19)10-13)20-16(21)18(23)24-2/h8-12H,3-7H2,1-2H3,(H,20,21). The van der Waals surface area contributed by atoms with Crippen molar-refractivity contribution in [2.24, 2.45) is 5.92 Å². The molecular formula is C18H22FNO6. The van der Waals surface area contributed by atoms with Gasteiger partial charge >= 0.3 is 17.8 Å². The lowest BCUT2D eigenvalue weighted by molar-refractivity contribution is -0.150. The number of benzene rings is 1. The summed E-state index contributed by atoms with van der Waals surface area (Å²) in [5, 5.41) is 2.13. The van der Waals surface area contributed by atoms with E-state index in [9.17, 15) is 18.8 Å². The van der Waals surface area contributed by atoms with Crippen molar-refractivity contribution in [2.45, 2.75) is 38.7 Å². The van der Waals surface area contributed by atoms with Gasteiger partial charge in [0.15, 0.2) is 0 Å². The molecular weight excluding hydrogens is 345 g/mol. The molecule has 0 unspecified atom stereocenters. The van der Waals surface area contributed by atoms with Gasteiger partial charge in [0.05, 0.1) is 31.4 Å². The van der Waals surface area contributed by atoms with Crippen LogP contribution in [-0.4, -0.2) is 37.7 Å². The number of carbonyl (C=O) groups excluding carboxylic acids is 3. The molecule has 0 aliphatic heterocycles. The van der Waals surface area contributed by atoms with Gasteiger partial charge in [0.1, 0.15) is 11.6 Å². The molecule has 0 saturated heterocycles. The number of anilines is 1. The molecule has 0 atom stereocenters. The SMILES string of the molecule is CCOC(=O)C1CCC(Oc2ccc(NC(=O)C(=O)OC)c(F)c2)CC1. The maximum absolute atomic E-state index is 14.1. The molecule has 1 aromatic rings. The van der Waals surface area contributed by atoms with Crippen molar-refractivity contribution in [3.63, 3.8) is 0 Å². The third kappa shape index (κ3) is 5.18. The van der Waals surface area contributed by atoms with E-state index in [0.717, 1.165) is 13.2 Å². The molecule has 26 heavy (non-hydrogen) atoms. The van der Waals surface area contributed by atoms with Crippen LogP contribution in [-0.2, 0) is 23.9 Å². The van der Waals surface area contributed by atoms with Gasteiger partial charge in [-0.1, -0.05) is 0 Å². The monoisotopic (exact) mass is 367 g/mol. The predicted molar refractivity (Wildman–Crippen MR) is 90.1 cm³/mol. The zero-order valence-electron chi connectivity index (χ0n) is 14.7. The molecule has 0 bridgehead atoms.